The molecule has 8 nitrogen and oxygen atoms in total. The van der Waals surface area contributed by atoms with E-state index in [0.29, 0.717) is 17.4 Å². The number of piperidine rings is 1. The summed E-state index contributed by atoms with van der Waals surface area (Å²) >= 11 is 0. The Balaban J connectivity index is 0.00000506. The van der Waals surface area contributed by atoms with Gasteiger partial charge in [-0.25, -0.2) is 4.79 Å². The van der Waals surface area contributed by atoms with Crippen LogP contribution in [-0.2, 0) is 16.1 Å². The van der Waals surface area contributed by atoms with Crippen LogP contribution in [0.2, 0.25) is 0 Å². The fraction of sp³-hybridized carbons (Fsp3) is 0.559. The maximum absolute atomic E-state index is 13.9. The number of hydrogen-bond donors (Lipinski definition) is 2. The van der Waals surface area contributed by atoms with E-state index < -0.39 is 12.0 Å². The Hall–Kier alpha value is -3.10. The number of carbonyl (C=O) groups is 3. The molecule has 2 aliphatic rings. The molecule has 1 aliphatic heterocycles. The minimum Gasteiger partial charge on any atom is -0.478 e. The number of halogens is 1. The monoisotopic (exact) mass is 613 g/mol. The van der Waals surface area contributed by atoms with E-state index in [2.05, 4.69) is 34.2 Å². The average Bonchev–Trinajstić information content (AvgIpc) is 2.99. The molecule has 43 heavy (non-hydrogen) atoms. The zero-order valence-electron chi connectivity index (χ0n) is 25.6. The Morgan fingerprint density at radius 3 is 2.12 bits per heavy atom. The van der Waals surface area contributed by atoms with Crippen molar-refractivity contribution in [1.29, 1.82) is 0 Å². The molecule has 2 amide bonds. The van der Waals surface area contributed by atoms with Crippen molar-refractivity contribution in [2.45, 2.75) is 96.7 Å². The van der Waals surface area contributed by atoms with E-state index in [1.54, 1.807) is 12.1 Å². The van der Waals surface area contributed by atoms with Gasteiger partial charge in [-0.1, -0.05) is 57.6 Å². The van der Waals surface area contributed by atoms with Crippen molar-refractivity contribution in [2.24, 2.45) is 5.92 Å². The van der Waals surface area contributed by atoms with E-state index in [1.807, 2.05) is 12.1 Å². The van der Waals surface area contributed by atoms with Crippen molar-refractivity contribution >= 4 is 30.2 Å². The lowest BCUT2D eigenvalue weighted by Gasteiger charge is -2.40. The number of aromatic carboxylic acids is 1. The van der Waals surface area contributed by atoms with Gasteiger partial charge in [-0.3, -0.25) is 14.5 Å². The number of ether oxygens (including phenoxy) is 1. The Bertz CT molecular complexity index is 1160. The van der Waals surface area contributed by atoms with Crippen LogP contribution < -0.4 is 10.1 Å². The Morgan fingerprint density at radius 2 is 1.56 bits per heavy atom. The number of amides is 2. The quantitative estimate of drug-likeness (QED) is 0.262. The molecule has 236 valence electrons. The molecule has 1 atom stereocenters. The highest BCUT2D eigenvalue weighted by Gasteiger charge is 2.33. The third kappa shape index (κ3) is 10.5. The number of nitrogens with zero attached hydrogens (tertiary/aromatic N) is 2. The minimum absolute atomic E-state index is 0. The number of hydrogen-bond acceptors (Lipinski definition) is 5. The fourth-order valence-electron chi connectivity index (χ4n) is 6.34. The zero-order valence-corrected chi connectivity index (χ0v) is 26.4. The summed E-state index contributed by atoms with van der Waals surface area (Å²) in [5.74, 6) is 0.838. The highest BCUT2D eigenvalue weighted by Crippen LogP contribution is 2.29. The largest absolute Gasteiger partial charge is 0.478 e. The minimum atomic E-state index is -0.959. The van der Waals surface area contributed by atoms with E-state index in [9.17, 15) is 14.4 Å². The number of benzene rings is 2. The van der Waals surface area contributed by atoms with Crippen LogP contribution in [-0.4, -0.2) is 64.4 Å². The van der Waals surface area contributed by atoms with Crippen LogP contribution in [0.25, 0.3) is 0 Å². The molecule has 0 bridgehead atoms. The van der Waals surface area contributed by atoms with Gasteiger partial charge in [0, 0.05) is 39.1 Å². The standard InChI is InChI=1S/C34H47N3O5.ClH/c1-3-4-20-37(33(39)32(35-25(2)38)23-26-8-6-5-7-9-26)29-18-21-36(22-19-29)24-27-10-14-30(15-11-27)42-31-16-12-28(13-17-31)34(40)41;/h10-17,26,29,32H,3-9,18-24H2,1-2H3,(H,35,38)(H,40,41);1H. The number of carbonyl (C=O) groups excluding carboxylic acids is 2. The van der Waals surface area contributed by atoms with E-state index in [0.717, 1.165) is 71.1 Å². The van der Waals surface area contributed by atoms with Gasteiger partial charge in [0.05, 0.1) is 5.56 Å². The second-order valence-electron chi connectivity index (χ2n) is 12.0. The number of unbranched alkanes of at least 4 members (excludes halogenated alkanes) is 1. The molecular formula is C34H48ClN3O5. The van der Waals surface area contributed by atoms with Crippen LogP contribution in [0.3, 0.4) is 0 Å². The van der Waals surface area contributed by atoms with Crippen LogP contribution in [0, 0.1) is 5.92 Å². The number of rotatable bonds is 13. The average molecular weight is 614 g/mol. The number of carboxylic acids is 1. The van der Waals surface area contributed by atoms with Crippen molar-refractivity contribution in [1.82, 2.24) is 15.1 Å². The van der Waals surface area contributed by atoms with Gasteiger partial charge in [0.2, 0.25) is 11.8 Å². The number of carboxylic acid groups (broad SMARTS) is 1. The molecule has 4 rings (SSSR count). The molecule has 0 aromatic heterocycles. The Morgan fingerprint density at radius 1 is 0.953 bits per heavy atom. The lowest BCUT2D eigenvalue weighted by atomic mass is 9.84. The Labute approximate surface area is 262 Å². The molecule has 1 saturated carbocycles. The normalized spacial score (nSPS) is 17.0. The molecule has 2 fully saturated rings. The number of likely N-dealkylation sites (tertiary alicyclic amines) is 1. The van der Waals surface area contributed by atoms with E-state index >= 15 is 0 Å². The summed E-state index contributed by atoms with van der Waals surface area (Å²) in [5.41, 5.74) is 1.42. The highest BCUT2D eigenvalue weighted by atomic mass is 35.5. The first-order valence-corrected chi connectivity index (χ1v) is 15.7. The Kier molecular flexibility index (Phi) is 13.8. The van der Waals surface area contributed by atoms with Gasteiger partial charge in [0.25, 0.3) is 0 Å². The molecule has 1 heterocycles. The smallest absolute Gasteiger partial charge is 0.335 e. The molecule has 2 aromatic rings. The first-order valence-electron chi connectivity index (χ1n) is 15.7. The molecule has 9 heteroatoms. The second kappa shape index (κ2) is 17.3. The van der Waals surface area contributed by atoms with Gasteiger partial charge in [-0.15, -0.1) is 12.4 Å². The summed E-state index contributed by atoms with van der Waals surface area (Å²) in [4.78, 5) is 41.5. The third-order valence-corrected chi connectivity index (χ3v) is 8.67. The summed E-state index contributed by atoms with van der Waals surface area (Å²) in [6, 6.07) is 14.2. The predicted octanol–water partition coefficient (Wildman–Crippen LogP) is 6.67. The summed E-state index contributed by atoms with van der Waals surface area (Å²) < 4.78 is 5.87. The fourth-order valence-corrected chi connectivity index (χ4v) is 6.34. The van der Waals surface area contributed by atoms with Gasteiger partial charge in [-0.05, 0) is 73.6 Å². The van der Waals surface area contributed by atoms with Gasteiger partial charge >= 0.3 is 5.97 Å². The summed E-state index contributed by atoms with van der Waals surface area (Å²) in [6.45, 7) is 7.10. The van der Waals surface area contributed by atoms with E-state index in [-0.39, 0.29) is 35.8 Å². The van der Waals surface area contributed by atoms with Crippen molar-refractivity contribution in [3.63, 3.8) is 0 Å². The topological polar surface area (TPSA) is 99.2 Å². The summed E-state index contributed by atoms with van der Waals surface area (Å²) in [6.07, 6.45) is 10.7. The van der Waals surface area contributed by atoms with Gasteiger partial charge in [0.1, 0.15) is 17.5 Å². The first kappa shape index (κ1) is 34.4. The van der Waals surface area contributed by atoms with E-state index in [1.165, 1.54) is 43.9 Å². The molecule has 1 saturated heterocycles. The second-order valence-corrected chi connectivity index (χ2v) is 12.0. The summed E-state index contributed by atoms with van der Waals surface area (Å²) in [5, 5.41) is 12.1. The maximum atomic E-state index is 13.9. The van der Waals surface area contributed by atoms with Crippen molar-refractivity contribution < 1.29 is 24.2 Å². The van der Waals surface area contributed by atoms with Crippen LogP contribution in [0.4, 0.5) is 0 Å². The molecule has 0 spiro atoms. The summed E-state index contributed by atoms with van der Waals surface area (Å²) in [7, 11) is 0. The van der Waals surface area contributed by atoms with Crippen molar-refractivity contribution in [3.05, 3.63) is 59.7 Å². The van der Waals surface area contributed by atoms with E-state index in [4.69, 9.17) is 9.84 Å². The van der Waals surface area contributed by atoms with Crippen LogP contribution >= 0.6 is 12.4 Å². The molecule has 2 N–H and O–H groups in total. The zero-order chi connectivity index (χ0) is 29.9. The lowest BCUT2D eigenvalue weighted by Crippen LogP contribution is -2.54. The first-order chi connectivity index (χ1) is 20.3. The molecule has 1 aliphatic carbocycles. The number of nitrogens with one attached hydrogen (secondary N) is 1. The van der Waals surface area contributed by atoms with Gasteiger partial charge in [0.15, 0.2) is 0 Å². The third-order valence-electron chi connectivity index (χ3n) is 8.67. The predicted molar refractivity (Wildman–Crippen MR) is 171 cm³/mol. The molecule has 0 radical (unpaired) electrons. The van der Waals surface area contributed by atoms with Crippen LogP contribution in [0.5, 0.6) is 11.5 Å². The lowest BCUT2D eigenvalue weighted by molar-refractivity contribution is -0.139. The van der Waals surface area contributed by atoms with Crippen molar-refractivity contribution in [2.75, 3.05) is 19.6 Å². The SMILES string of the molecule is CCCCN(C(=O)C(CC1CCCCC1)NC(C)=O)C1CCN(Cc2ccc(Oc3ccc(C(=O)O)cc3)cc2)CC1.Cl. The van der Waals surface area contributed by atoms with Gasteiger partial charge < -0.3 is 20.1 Å². The van der Waals surface area contributed by atoms with Crippen LogP contribution in [0.15, 0.2) is 48.5 Å². The highest BCUT2D eigenvalue weighted by molar-refractivity contribution is 5.88. The van der Waals surface area contributed by atoms with Crippen LogP contribution in [0.1, 0.15) is 94.0 Å². The van der Waals surface area contributed by atoms with Gasteiger partial charge in [-0.2, -0.15) is 0 Å². The molecular weight excluding hydrogens is 566 g/mol. The molecule has 1 unspecified atom stereocenters. The maximum Gasteiger partial charge on any atom is 0.335 e. The molecule has 2 aromatic carbocycles. The van der Waals surface area contributed by atoms with Crippen molar-refractivity contribution in [3.8, 4) is 11.5 Å².